The molecule has 32 heavy (non-hydrogen) atoms. The summed E-state index contributed by atoms with van der Waals surface area (Å²) in [7, 11) is 0. The highest BCUT2D eigenvalue weighted by molar-refractivity contribution is 7.99. The van der Waals surface area contributed by atoms with Crippen LogP contribution in [0, 0.1) is 11.3 Å². The van der Waals surface area contributed by atoms with E-state index in [-0.39, 0.29) is 23.8 Å². The molecule has 0 bridgehead atoms. The minimum Gasteiger partial charge on any atom is -0.467 e. The van der Waals surface area contributed by atoms with E-state index in [9.17, 15) is 9.59 Å². The summed E-state index contributed by atoms with van der Waals surface area (Å²) in [6.07, 6.45) is 1.85. The Morgan fingerprint density at radius 3 is 2.75 bits per heavy atom. The molecule has 0 aliphatic rings. The first-order valence-electron chi connectivity index (χ1n) is 9.64. The topological polar surface area (TPSA) is 101 Å². The second kappa shape index (κ2) is 9.73. The van der Waals surface area contributed by atoms with Crippen LogP contribution in [0.5, 0.6) is 0 Å². The van der Waals surface area contributed by atoms with E-state index < -0.39 is 0 Å². The zero-order valence-corrected chi connectivity index (χ0v) is 18.3. The number of hydrogen-bond acceptors (Lipinski definition) is 6. The second-order valence-corrected chi connectivity index (χ2v) is 8.27. The molecule has 0 fully saturated rings. The number of fused-ring (bicyclic) bond motifs is 1. The summed E-state index contributed by atoms with van der Waals surface area (Å²) in [6.45, 7) is 0.196. The van der Waals surface area contributed by atoms with Gasteiger partial charge >= 0.3 is 0 Å². The molecule has 0 saturated carbocycles. The molecule has 1 N–H and O–H groups in total. The van der Waals surface area contributed by atoms with Gasteiger partial charge < -0.3 is 9.73 Å². The minimum absolute atomic E-state index is 0.0522. The van der Waals surface area contributed by atoms with Crippen LogP contribution in [0.1, 0.15) is 11.3 Å². The average Bonchev–Trinajstić information content (AvgIpc) is 3.29. The molecule has 4 aromatic rings. The molecule has 0 atom stereocenters. The first kappa shape index (κ1) is 21.7. The van der Waals surface area contributed by atoms with Crippen molar-refractivity contribution in [3.05, 3.63) is 87.6 Å². The van der Waals surface area contributed by atoms with Gasteiger partial charge in [-0.05, 0) is 48.0 Å². The third kappa shape index (κ3) is 5.02. The van der Waals surface area contributed by atoms with E-state index in [0.717, 1.165) is 17.3 Å². The fourth-order valence-corrected chi connectivity index (χ4v) is 4.07. The van der Waals surface area contributed by atoms with Crippen LogP contribution in [-0.4, -0.2) is 21.2 Å². The number of nitriles is 1. The van der Waals surface area contributed by atoms with Crippen molar-refractivity contribution in [1.29, 1.82) is 5.26 Å². The highest BCUT2D eigenvalue weighted by atomic mass is 35.5. The van der Waals surface area contributed by atoms with Crippen LogP contribution in [0.25, 0.3) is 10.9 Å². The lowest BCUT2D eigenvalue weighted by molar-refractivity contribution is -0.113. The summed E-state index contributed by atoms with van der Waals surface area (Å²) in [5, 5.41) is 12.9. The molecule has 0 saturated heterocycles. The number of thioether (sulfide) groups is 1. The normalized spacial score (nSPS) is 10.8. The maximum Gasteiger partial charge on any atom is 0.262 e. The van der Waals surface area contributed by atoms with Gasteiger partial charge in [0.15, 0.2) is 5.16 Å². The zero-order chi connectivity index (χ0) is 22.5. The van der Waals surface area contributed by atoms with Crippen LogP contribution < -0.4 is 10.9 Å². The van der Waals surface area contributed by atoms with Crippen LogP contribution in [0.4, 0.5) is 5.69 Å². The second-order valence-electron chi connectivity index (χ2n) is 6.90. The Labute approximate surface area is 192 Å². The van der Waals surface area contributed by atoms with Crippen molar-refractivity contribution in [1.82, 2.24) is 9.55 Å². The molecule has 0 radical (unpaired) electrons. The van der Waals surface area contributed by atoms with Gasteiger partial charge in [0.1, 0.15) is 5.76 Å². The largest absolute Gasteiger partial charge is 0.467 e. The molecule has 2 heterocycles. The quantitative estimate of drug-likeness (QED) is 0.319. The van der Waals surface area contributed by atoms with Crippen molar-refractivity contribution in [2.24, 2.45) is 0 Å². The van der Waals surface area contributed by atoms with E-state index in [1.165, 1.54) is 10.8 Å². The number of rotatable bonds is 7. The highest BCUT2D eigenvalue weighted by Crippen LogP contribution is 2.22. The van der Waals surface area contributed by atoms with Crippen molar-refractivity contribution < 1.29 is 9.21 Å². The van der Waals surface area contributed by atoms with E-state index in [1.54, 1.807) is 54.6 Å². The van der Waals surface area contributed by atoms with E-state index >= 15 is 0 Å². The number of amides is 1. The molecule has 0 aliphatic carbocycles. The molecule has 0 unspecified atom stereocenters. The lowest BCUT2D eigenvalue weighted by Crippen LogP contribution is -2.24. The van der Waals surface area contributed by atoms with Gasteiger partial charge in [0.2, 0.25) is 5.91 Å². The summed E-state index contributed by atoms with van der Waals surface area (Å²) in [6, 6.07) is 17.6. The molecular weight excluding hydrogens is 448 g/mol. The standard InChI is InChI=1S/C23H17ClN4O3S/c24-16-5-8-19-20(12-16)27-23(28(22(19)30)13-18-2-1-11-31-18)32-14-21(29)26-17-6-3-15(4-7-17)9-10-25/h1-8,11-12H,9,13-14H2,(H,26,29). The van der Waals surface area contributed by atoms with Crippen LogP contribution in [-0.2, 0) is 17.8 Å². The number of anilines is 1. The van der Waals surface area contributed by atoms with Gasteiger partial charge in [-0.1, -0.05) is 35.5 Å². The van der Waals surface area contributed by atoms with E-state index in [4.69, 9.17) is 21.3 Å². The number of carbonyl (C=O) groups excluding carboxylic acids is 1. The van der Waals surface area contributed by atoms with Crippen LogP contribution in [0.3, 0.4) is 0 Å². The molecule has 0 spiro atoms. The molecule has 4 rings (SSSR count). The van der Waals surface area contributed by atoms with E-state index in [1.807, 2.05) is 0 Å². The molecule has 7 nitrogen and oxygen atoms in total. The van der Waals surface area contributed by atoms with Gasteiger partial charge in [0, 0.05) is 10.7 Å². The Balaban J connectivity index is 1.56. The lowest BCUT2D eigenvalue weighted by atomic mass is 10.1. The number of aromatic nitrogens is 2. The molecular formula is C23H17ClN4O3S. The summed E-state index contributed by atoms with van der Waals surface area (Å²) >= 11 is 7.23. The maximum atomic E-state index is 13.1. The Morgan fingerprint density at radius 2 is 2.03 bits per heavy atom. The van der Waals surface area contributed by atoms with Crippen LogP contribution >= 0.6 is 23.4 Å². The molecule has 9 heteroatoms. The maximum absolute atomic E-state index is 13.1. The molecule has 2 aromatic carbocycles. The van der Waals surface area contributed by atoms with Gasteiger partial charge in [-0.25, -0.2) is 4.98 Å². The van der Waals surface area contributed by atoms with Crippen molar-refractivity contribution in [3.8, 4) is 6.07 Å². The van der Waals surface area contributed by atoms with E-state index in [0.29, 0.717) is 39.0 Å². The van der Waals surface area contributed by atoms with Crippen LogP contribution in [0.15, 0.2) is 75.2 Å². The SMILES string of the molecule is N#CCc1ccc(NC(=O)CSc2nc3cc(Cl)ccc3c(=O)n2Cc2ccco2)cc1. The number of halogens is 1. The molecule has 2 aromatic heterocycles. The van der Waals surface area contributed by atoms with Gasteiger partial charge in [0.25, 0.3) is 5.56 Å². The number of benzene rings is 2. The van der Waals surface area contributed by atoms with Gasteiger partial charge in [-0.15, -0.1) is 0 Å². The summed E-state index contributed by atoms with van der Waals surface area (Å²) in [4.78, 5) is 30.2. The Kier molecular flexibility index (Phi) is 6.59. The van der Waals surface area contributed by atoms with Gasteiger partial charge in [-0.3, -0.25) is 14.2 Å². The Bertz CT molecular complexity index is 1360. The number of nitrogens with zero attached hydrogens (tertiary/aromatic N) is 3. The van der Waals surface area contributed by atoms with Gasteiger partial charge in [0.05, 0.1) is 42.0 Å². The third-order valence-corrected chi connectivity index (χ3v) is 5.84. The number of furan rings is 1. The third-order valence-electron chi connectivity index (χ3n) is 4.63. The first-order valence-corrected chi connectivity index (χ1v) is 11.0. The fraction of sp³-hybridized carbons (Fsp3) is 0.130. The van der Waals surface area contributed by atoms with Gasteiger partial charge in [-0.2, -0.15) is 5.26 Å². The number of nitrogens with one attached hydrogen (secondary N) is 1. The Hall–Kier alpha value is -3.54. The minimum atomic E-state index is -0.243. The number of hydrogen-bond donors (Lipinski definition) is 1. The Morgan fingerprint density at radius 1 is 1.22 bits per heavy atom. The summed E-state index contributed by atoms with van der Waals surface area (Å²) < 4.78 is 6.88. The summed E-state index contributed by atoms with van der Waals surface area (Å²) in [5.74, 6) is 0.412. The van der Waals surface area contributed by atoms with Crippen molar-refractivity contribution >= 4 is 45.9 Å². The molecule has 1 amide bonds. The summed E-state index contributed by atoms with van der Waals surface area (Å²) in [5.41, 5.74) is 1.73. The van der Waals surface area contributed by atoms with Crippen molar-refractivity contribution in [2.75, 3.05) is 11.1 Å². The molecule has 160 valence electrons. The smallest absolute Gasteiger partial charge is 0.262 e. The fourth-order valence-electron chi connectivity index (χ4n) is 3.11. The predicted octanol–water partition coefficient (Wildman–Crippen LogP) is 4.49. The van der Waals surface area contributed by atoms with E-state index in [2.05, 4.69) is 16.4 Å². The molecule has 0 aliphatic heterocycles. The lowest BCUT2D eigenvalue weighted by Gasteiger charge is -2.12. The zero-order valence-electron chi connectivity index (χ0n) is 16.7. The van der Waals surface area contributed by atoms with Crippen molar-refractivity contribution in [2.45, 2.75) is 18.1 Å². The van der Waals surface area contributed by atoms with Crippen LogP contribution in [0.2, 0.25) is 5.02 Å². The number of carbonyl (C=O) groups is 1. The highest BCUT2D eigenvalue weighted by Gasteiger charge is 2.15. The monoisotopic (exact) mass is 464 g/mol. The average molecular weight is 465 g/mol. The predicted molar refractivity (Wildman–Crippen MR) is 124 cm³/mol. The first-order chi connectivity index (χ1) is 15.5. The van der Waals surface area contributed by atoms with Crippen molar-refractivity contribution in [3.63, 3.8) is 0 Å².